The Morgan fingerprint density at radius 3 is 2.37 bits per heavy atom. The predicted octanol–water partition coefficient (Wildman–Crippen LogP) is 4.96. The minimum Gasteiger partial charge on any atom is -0.352 e. The van der Waals surface area contributed by atoms with Crippen LogP contribution in [0.25, 0.3) is 17.2 Å². The lowest BCUT2D eigenvalue weighted by molar-refractivity contribution is 0.590. The molecule has 1 aliphatic rings. The van der Waals surface area contributed by atoms with Crippen molar-refractivity contribution in [3.05, 3.63) is 77.0 Å². The number of aromatic nitrogens is 4. The Kier molecular flexibility index (Phi) is 4.35. The summed E-state index contributed by atoms with van der Waals surface area (Å²) in [4.78, 5) is 11.8. The highest BCUT2D eigenvalue weighted by Gasteiger charge is 2.21. The fourth-order valence-corrected chi connectivity index (χ4v) is 4.13. The molecule has 3 heterocycles. The molecule has 5 rings (SSSR count). The second-order valence-electron chi connectivity index (χ2n) is 9.17. The number of hydrogen-bond acceptors (Lipinski definition) is 4. The van der Waals surface area contributed by atoms with Crippen LogP contribution in [0.4, 0.5) is 5.82 Å². The van der Waals surface area contributed by atoms with Crippen LogP contribution in [0.15, 0.2) is 54.6 Å². The summed E-state index contributed by atoms with van der Waals surface area (Å²) < 4.78 is 1.90. The standard InChI is InChI=1S/C25H27N5/c1-17-15-22(29-14-13-18-7-5-6-8-20(18)16-29)30-24(26-17)27-23(28-30)19-9-11-21(12-10-19)25(2,3)4/h5-12,15H,13-14,16H2,1-4H3. The van der Waals surface area contributed by atoms with Gasteiger partial charge in [-0.05, 0) is 35.4 Å². The van der Waals surface area contributed by atoms with Crippen molar-refractivity contribution in [2.24, 2.45) is 0 Å². The molecule has 5 heteroatoms. The lowest BCUT2D eigenvalue weighted by atomic mass is 9.87. The quantitative estimate of drug-likeness (QED) is 0.480. The van der Waals surface area contributed by atoms with Crippen molar-refractivity contribution in [2.45, 2.75) is 46.1 Å². The highest BCUT2D eigenvalue weighted by molar-refractivity contribution is 5.60. The van der Waals surface area contributed by atoms with Gasteiger partial charge >= 0.3 is 0 Å². The molecule has 4 aromatic rings. The van der Waals surface area contributed by atoms with Crippen molar-refractivity contribution < 1.29 is 0 Å². The number of benzene rings is 2. The van der Waals surface area contributed by atoms with Crippen LogP contribution in [0.3, 0.4) is 0 Å². The fraction of sp³-hybridized carbons (Fsp3) is 0.320. The van der Waals surface area contributed by atoms with Crippen LogP contribution in [-0.2, 0) is 18.4 Å². The number of anilines is 1. The second kappa shape index (κ2) is 6.94. The highest BCUT2D eigenvalue weighted by Crippen LogP contribution is 2.28. The Labute approximate surface area is 177 Å². The van der Waals surface area contributed by atoms with Crippen molar-refractivity contribution >= 4 is 11.6 Å². The molecule has 0 saturated heterocycles. The monoisotopic (exact) mass is 397 g/mol. The first-order valence-corrected chi connectivity index (χ1v) is 10.6. The van der Waals surface area contributed by atoms with Gasteiger partial charge in [0.25, 0.3) is 5.78 Å². The van der Waals surface area contributed by atoms with Gasteiger partial charge < -0.3 is 4.90 Å². The van der Waals surface area contributed by atoms with E-state index in [-0.39, 0.29) is 5.41 Å². The zero-order valence-corrected chi connectivity index (χ0v) is 18.1. The third kappa shape index (κ3) is 3.34. The Balaban J connectivity index is 1.54. The summed E-state index contributed by atoms with van der Waals surface area (Å²) in [7, 11) is 0. The molecule has 0 aliphatic carbocycles. The van der Waals surface area contributed by atoms with E-state index in [1.807, 2.05) is 11.4 Å². The molecule has 0 saturated carbocycles. The lowest BCUT2D eigenvalue weighted by Gasteiger charge is -2.30. The first-order valence-electron chi connectivity index (χ1n) is 10.6. The number of rotatable bonds is 2. The van der Waals surface area contributed by atoms with Gasteiger partial charge in [-0.15, -0.1) is 5.10 Å². The number of hydrogen-bond donors (Lipinski definition) is 0. The van der Waals surface area contributed by atoms with Gasteiger partial charge in [0.2, 0.25) is 0 Å². The van der Waals surface area contributed by atoms with Crippen LogP contribution >= 0.6 is 0 Å². The molecule has 2 aromatic carbocycles. The average Bonchev–Trinajstić information content (AvgIpc) is 3.16. The average molecular weight is 398 g/mol. The Hall–Kier alpha value is -3.21. The normalized spacial score (nSPS) is 14.2. The van der Waals surface area contributed by atoms with E-state index < -0.39 is 0 Å². The molecule has 0 fully saturated rings. The molecule has 0 bridgehead atoms. The van der Waals surface area contributed by atoms with Crippen LogP contribution in [0.1, 0.15) is 43.2 Å². The molecule has 5 nitrogen and oxygen atoms in total. The molecule has 30 heavy (non-hydrogen) atoms. The van der Waals surface area contributed by atoms with Crippen molar-refractivity contribution in [3.8, 4) is 11.4 Å². The van der Waals surface area contributed by atoms with Gasteiger partial charge in [0.05, 0.1) is 0 Å². The SMILES string of the molecule is Cc1cc(N2CCc3ccccc3C2)n2nc(-c3ccc(C(C)(C)C)cc3)nc2n1. The molecule has 1 aliphatic heterocycles. The zero-order chi connectivity index (χ0) is 20.9. The first-order chi connectivity index (χ1) is 14.4. The molecular weight excluding hydrogens is 370 g/mol. The van der Waals surface area contributed by atoms with E-state index in [1.54, 1.807) is 0 Å². The maximum atomic E-state index is 4.85. The molecule has 0 N–H and O–H groups in total. The molecule has 2 aromatic heterocycles. The fourth-order valence-electron chi connectivity index (χ4n) is 4.13. The van der Waals surface area contributed by atoms with Crippen LogP contribution in [0, 0.1) is 6.92 Å². The highest BCUT2D eigenvalue weighted by atomic mass is 15.4. The first kappa shape index (κ1) is 18.8. The van der Waals surface area contributed by atoms with E-state index in [4.69, 9.17) is 10.1 Å². The smallest absolute Gasteiger partial charge is 0.254 e. The van der Waals surface area contributed by atoms with Gasteiger partial charge in [-0.25, -0.2) is 4.98 Å². The van der Waals surface area contributed by atoms with Gasteiger partial charge in [-0.3, -0.25) is 0 Å². The largest absolute Gasteiger partial charge is 0.352 e. The molecule has 0 unspecified atom stereocenters. The lowest BCUT2D eigenvalue weighted by Crippen LogP contribution is -2.32. The van der Waals surface area contributed by atoms with E-state index in [1.165, 1.54) is 16.7 Å². The zero-order valence-electron chi connectivity index (χ0n) is 18.1. The summed E-state index contributed by atoms with van der Waals surface area (Å²) in [6, 6.07) is 19.4. The molecule has 0 atom stereocenters. The van der Waals surface area contributed by atoms with Gasteiger partial charge in [-0.2, -0.15) is 9.50 Å². The number of nitrogens with zero attached hydrogens (tertiary/aromatic N) is 5. The van der Waals surface area contributed by atoms with Crippen LogP contribution in [-0.4, -0.2) is 26.1 Å². The number of fused-ring (bicyclic) bond motifs is 2. The van der Waals surface area contributed by atoms with Crippen LogP contribution in [0.2, 0.25) is 0 Å². The predicted molar refractivity (Wildman–Crippen MR) is 121 cm³/mol. The summed E-state index contributed by atoms with van der Waals surface area (Å²) in [6.07, 6.45) is 1.04. The summed E-state index contributed by atoms with van der Waals surface area (Å²) in [6.45, 7) is 10.5. The van der Waals surface area contributed by atoms with Crippen LogP contribution in [0.5, 0.6) is 0 Å². The topological polar surface area (TPSA) is 46.3 Å². The van der Waals surface area contributed by atoms with Crippen molar-refractivity contribution in [1.29, 1.82) is 0 Å². The third-order valence-electron chi connectivity index (χ3n) is 5.89. The summed E-state index contributed by atoms with van der Waals surface area (Å²) >= 11 is 0. The molecule has 0 amide bonds. The van der Waals surface area contributed by atoms with Crippen molar-refractivity contribution in [2.75, 3.05) is 11.4 Å². The minimum atomic E-state index is 0.126. The van der Waals surface area contributed by atoms with Gasteiger partial charge in [0, 0.05) is 30.4 Å². The van der Waals surface area contributed by atoms with Gasteiger partial charge in [-0.1, -0.05) is 69.3 Å². The minimum absolute atomic E-state index is 0.126. The van der Waals surface area contributed by atoms with Crippen LogP contribution < -0.4 is 4.90 Å². The van der Waals surface area contributed by atoms with E-state index in [2.05, 4.69) is 85.3 Å². The number of aryl methyl sites for hydroxylation is 1. The van der Waals surface area contributed by atoms with E-state index in [9.17, 15) is 0 Å². The summed E-state index contributed by atoms with van der Waals surface area (Å²) in [5.41, 5.74) is 6.22. The Morgan fingerprint density at radius 2 is 1.63 bits per heavy atom. The summed E-state index contributed by atoms with van der Waals surface area (Å²) in [5.74, 6) is 2.42. The second-order valence-corrected chi connectivity index (χ2v) is 9.17. The molecule has 0 spiro atoms. The molecule has 0 radical (unpaired) electrons. The van der Waals surface area contributed by atoms with Gasteiger partial charge in [0.15, 0.2) is 5.82 Å². The van der Waals surface area contributed by atoms with E-state index in [0.717, 1.165) is 36.6 Å². The van der Waals surface area contributed by atoms with Gasteiger partial charge in [0.1, 0.15) is 5.82 Å². The van der Waals surface area contributed by atoms with Crippen molar-refractivity contribution in [3.63, 3.8) is 0 Å². The molecular formula is C25H27N5. The maximum absolute atomic E-state index is 4.85. The summed E-state index contributed by atoms with van der Waals surface area (Å²) in [5, 5.41) is 4.85. The van der Waals surface area contributed by atoms with E-state index >= 15 is 0 Å². The Bertz CT molecular complexity index is 1210. The molecule has 152 valence electrons. The van der Waals surface area contributed by atoms with E-state index in [0.29, 0.717) is 11.6 Å². The Morgan fingerprint density at radius 1 is 0.900 bits per heavy atom. The maximum Gasteiger partial charge on any atom is 0.254 e. The van der Waals surface area contributed by atoms with Crippen molar-refractivity contribution in [1.82, 2.24) is 19.6 Å². The third-order valence-corrected chi connectivity index (χ3v) is 5.89.